The van der Waals surface area contributed by atoms with Gasteiger partial charge in [0.2, 0.25) is 0 Å². The molecule has 0 saturated heterocycles. The maximum atomic E-state index is 12.9. The molecule has 1 atom stereocenters. The minimum atomic E-state index is -0.796. The number of esters is 3. The van der Waals surface area contributed by atoms with Crippen molar-refractivity contribution >= 4 is 17.9 Å². The molecule has 69 heavy (non-hydrogen) atoms. The summed E-state index contributed by atoms with van der Waals surface area (Å²) in [5, 5.41) is 0. The highest BCUT2D eigenvalue weighted by atomic mass is 16.6. The van der Waals surface area contributed by atoms with E-state index in [1.165, 1.54) is 122 Å². The molecular formula is C63H108O6. The standard InChI is InChI=1S/C63H108O6/c1-4-7-10-13-16-19-22-25-28-30-32-34-35-38-41-44-47-50-53-56-62(65)68-59-60(58-67-61(64)55-52-49-46-43-40-37-27-24-21-18-15-12-9-6-3)69-63(66)57-54-51-48-45-42-39-36-33-31-29-26-23-20-17-14-11-8-5-2/h7,10,16,19,23,25-26,28-29,31,33,36-37,40,60H,4-6,8-9,11-15,17-18,20-22,24,27,30,32,34-35,38-39,41-59H2,1-3H3/b10-7-,19-16-,26-23-,28-25-,31-29-,36-33-,40-37-. The Kier molecular flexibility index (Phi) is 54.3. The van der Waals surface area contributed by atoms with Gasteiger partial charge in [-0.25, -0.2) is 0 Å². The lowest BCUT2D eigenvalue weighted by molar-refractivity contribution is -0.167. The maximum absolute atomic E-state index is 12.9. The Balaban J connectivity index is 4.44. The second-order valence-corrected chi connectivity index (χ2v) is 19.2. The monoisotopic (exact) mass is 961 g/mol. The Bertz CT molecular complexity index is 1330. The summed E-state index contributed by atoms with van der Waals surface area (Å²) in [5.41, 5.74) is 0. The highest BCUT2D eigenvalue weighted by molar-refractivity contribution is 5.71. The predicted octanol–water partition coefficient (Wildman–Crippen LogP) is 19.5. The van der Waals surface area contributed by atoms with Crippen molar-refractivity contribution in [1.82, 2.24) is 0 Å². The van der Waals surface area contributed by atoms with Crippen molar-refractivity contribution in [1.29, 1.82) is 0 Å². The third kappa shape index (κ3) is 55.4. The van der Waals surface area contributed by atoms with Crippen LogP contribution in [0.3, 0.4) is 0 Å². The zero-order chi connectivity index (χ0) is 50.0. The van der Waals surface area contributed by atoms with Gasteiger partial charge in [0.05, 0.1) is 0 Å². The Labute approximate surface area is 426 Å². The van der Waals surface area contributed by atoms with Crippen molar-refractivity contribution in [3.63, 3.8) is 0 Å². The molecule has 0 aliphatic carbocycles. The summed E-state index contributed by atoms with van der Waals surface area (Å²) in [6, 6.07) is 0. The van der Waals surface area contributed by atoms with E-state index in [2.05, 4.69) is 106 Å². The minimum absolute atomic E-state index is 0.0923. The van der Waals surface area contributed by atoms with Gasteiger partial charge in [0.15, 0.2) is 6.10 Å². The van der Waals surface area contributed by atoms with Crippen LogP contribution in [-0.4, -0.2) is 37.2 Å². The highest BCUT2D eigenvalue weighted by Gasteiger charge is 2.19. The molecule has 0 N–H and O–H groups in total. The molecule has 0 aliphatic heterocycles. The van der Waals surface area contributed by atoms with Gasteiger partial charge in [0.1, 0.15) is 13.2 Å². The molecule has 0 radical (unpaired) electrons. The molecule has 0 saturated carbocycles. The van der Waals surface area contributed by atoms with Crippen LogP contribution in [0.5, 0.6) is 0 Å². The van der Waals surface area contributed by atoms with E-state index < -0.39 is 6.10 Å². The van der Waals surface area contributed by atoms with Gasteiger partial charge in [0.25, 0.3) is 0 Å². The third-order valence-corrected chi connectivity index (χ3v) is 12.4. The van der Waals surface area contributed by atoms with E-state index in [1.54, 1.807) is 0 Å². The Morgan fingerprint density at radius 2 is 0.623 bits per heavy atom. The largest absolute Gasteiger partial charge is 0.462 e. The minimum Gasteiger partial charge on any atom is -0.462 e. The van der Waals surface area contributed by atoms with Crippen LogP contribution in [0.1, 0.15) is 278 Å². The molecule has 0 aliphatic rings. The fourth-order valence-corrected chi connectivity index (χ4v) is 8.04. The summed E-state index contributed by atoms with van der Waals surface area (Å²) in [6.07, 6.45) is 74.3. The van der Waals surface area contributed by atoms with E-state index in [9.17, 15) is 14.4 Å². The Morgan fingerprint density at radius 3 is 1.03 bits per heavy atom. The summed E-state index contributed by atoms with van der Waals surface area (Å²) >= 11 is 0. The van der Waals surface area contributed by atoms with Crippen LogP contribution in [0.15, 0.2) is 85.1 Å². The molecule has 6 nitrogen and oxygen atoms in total. The molecule has 0 aromatic heterocycles. The number of rotatable bonds is 52. The lowest BCUT2D eigenvalue weighted by atomic mass is 10.1. The average Bonchev–Trinajstić information content (AvgIpc) is 3.35. The molecule has 0 fully saturated rings. The topological polar surface area (TPSA) is 78.9 Å². The first-order valence-electron chi connectivity index (χ1n) is 29.1. The second kappa shape index (κ2) is 57.2. The highest BCUT2D eigenvalue weighted by Crippen LogP contribution is 2.15. The fourth-order valence-electron chi connectivity index (χ4n) is 8.04. The first-order valence-corrected chi connectivity index (χ1v) is 29.1. The molecule has 1 unspecified atom stereocenters. The molecule has 0 rings (SSSR count). The van der Waals surface area contributed by atoms with E-state index in [-0.39, 0.29) is 31.1 Å². The normalized spacial score (nSPS) is 12.7. The van der Waals surface area contributed by atoms with E-state index in [0.29, 0.717) is 19.3 Å². The number of hydrogen-bond donors (Lipinski definition) is 0. The van der Waals surface area contributed by atoms with Gasteiger partial charge in [0, 0.05) is 19.3 Å². The Morgan fingerprint density at radius 1 is 0.319 bits per heavy atom. The van der Waals surface area contributed by atoms with Crippen LogP contribution in [0, 0.1) is 0 Å². The third-order valence-electron chi connectivity index (χ3n) is 12.4. The van der Waals surface area contributed by atoms with Crippen LogP contribution in [0.2, 0.25) is 0 Å². The van der Waals surface area contributed by atoms with Crippen molar-refractivity contribution < 1.29 is 28.6 Å². The van der Waals surface area contributed by atoms with Crippen LogP contribution in [0.25, 0.3) is 0 Å². The van der Waals surface area contributed by atoms with Crippen molar-refractivity contribution in [2.75, 3.05) is 13.2 Å². The fraction of sp³-hybridized carbons (Fsp3) is 0.730. The lowest BCUT2D eigenvalue weighted by Crippen LogP contribution is -2.30. The predicted molar refractivity (Wildman–Crippen MR) is 297 cm³/mol. The van der Waals surface area contributed by atoms with E-state index in [4.69, 9.17) is 14.2 Å². The summed E-state index contributed by atoms with van der Waals surface area (Å²) in [4.78, 5) is 38.2. The molecule has 0 heterocycles. The number of allylic oxidation sites excluding steroid dienone is 14. The number of ether oxygens (including phenoxy) is 3. The lowest BCUT2D eigenvalue weighted by Gasteiger charge is -2.18. The van der Waals surface area contributed by atoms with Crippen molar-refractivity contribution in [2.24, 2.45) is 0 Å². The Hall–Kier alpha value is -3.41. The molecule has 6 heteroatoms. The molecule has 0 amide bonds. The van der Waals surface area contributed by atoms with Crippen molar-refractivity contribution in [2.45, 2.75) is 284 Å². The summed E-state index contributed by atoms with van der Waals surface area (Å²) in [5.74, 6) is -0.927. The number of hydrogen-bond acceptors (Lipinski definition) is 6. The van der Waals surface area contributed by atoms with Crippen molar-refractivity contribution in [3.05, 3.63) is 85.1 Å². The van der Waals surface area contributed by atoms with Crippen LogP contribution < -0.4 is 0 Å². The zero-order valence-corrected chi connectivity index (χ0v) is 45.3. The molecule has 0 bridgehead atoms. The number of unbranched alkanes of at least 4 members (excludes halogenated alkanes) is 29. The number of carbonyl (C=O) groups excluding carboxylic acids is 3. The molecule has 0 aromatic carbocycles. The van der Waals surface area contributed by atoms with Crippen molar-refractivity contribution in [3.8, 4) is 0 Å². The zero-order valence-electron chi connectivity index (χ0n) is 45.3. The summed E-state index contributed by atoms with van der Waals surface area (Å²) < 4.78 is 16.8. The number of carbonyl (C=O) groups is 3. The SMILES string of the molecule is CC/C=C\C/C=C\C/C=C\CCCCCCCCCCCC(=O)OCC(COC(=O)CCCCC/C=C\CCCCCCCCC)OC(=O)CCCCCCC\C=C/C=C\C=C/CCCCCCC. The van der Waals surface area contributed by atoms with E-state index in [1.807, 2.05) is 0 Å². The van der Waals surface area contributed by atoms with Gasteiger partial charge < -0.3 is 14.2 Å². The van der Waals surface area contributed by atoms with Gasteiger partial charge in [-0.05, 0) is 103 Å². The van der Waals surface area contributed by atoms with E-state index >= 15 is 0 Å². The molecular weight excluding hydrogens is 853 g/mol. The van der Waals surface area contributed by atoms with Gasteiger partial charge >= 0.3 is 17.9 Å². The van der Waals surface area contributed by atoms with Crippen LogP contribution >= 0.6 is 0 Å². The quantitative estimate of drug-likeness (QED) is 0.0199. The summed E-state index contributed by atoms with van der Waals surface area (Å²) in [6.45, 7) is 6.49. The molecule has 396 valence electrons. The van der Waals surface area contributed by atoms with Gasteiger partial charge in [-0.15, -0.1) is 0 Å². The summed E-state index contributed by atoms with van der Waals surface area (Å²) in [7, 11) is 0. The average molecular weight is 962 g/mol. The van der Waals surface area contributed by atoms with Gasteiger partial charge in [-0.2, -0.15) is 0 Å². The smallest absolute Gasteiger partial charge is 0.306 e. The molecule has 0 aromatic rings. The first-order chi connectivity index (χ1) is 34.0. The molecule has 0 spiro atoms. The first kappa shape index (κ1) is 65.6. The van der Waals surface area contributed by atoms with Crippen LogP contribution in [-0.2, 0) is 28.6 Å². The van der Waals surface area contributed by atoms with Crippen LogP contribution in [0.4, 0.5) is 0 Å². The van der Waals surface area contributed by atoms with Gasteiger partial charge in [-0.1, -0.05) is 241 Å². The van der Waals surface area contributed by atoms with E-state index in [0.717, 1.165) is 116 Å². The second-order valence-electron chi connectivity index (χ2n) is 19.2. The van der Waals surface area contributed by atoms with Gasteiger partial charge in [-0.3, -0.25) is 14.4 Å². The maximum Gasteiger partial charge on any atom is 0.306 e.